The number of hydrogen-bond acceptors (Lipinski definition) is 8. The molecule has 0 aliphatic carbocycles. The maximum atomic E-state index is 13.5. The van der Waals surface area contributed by atoms with Crippen LogP contribution in [0.2, 0.25) is 0 Å². The van der Waals surface area contributed by atoms with E-state index in [-0.39, 0.29) is 25.2 Å². The Morgan fingerprint density at radius 2 is 1.94 bits per heavy atom. The molecule has 2 unspecified atom stereocenters. The van der Waals surface area contributed by atoms with Gasteiger partial charge in [-0.05, 0) is 38.0 Å². The molecule has 0 fully saturated rings. The van der Waals surface area contributed by atoms with Crippen molar-refractivity contribution in [3.63, 3.8) is 0 Å². The lowest BCUT2D eigenvalue weighted by Gasteiger charge is -2.29. The van der Waals surface area contributed by atoms with Gasteiger partial charge in [0.15, 0.2) is 0 Å². The van der Waals surface area contributed by atoms with Crippen molar-refractivity contribution in [1.29, 1.82) is 0 Å². The Morgan fingerprint density at radius 1 is 1.26 bits per heavy atom. The number of fused-ring (bicyclic) bond motifs is 1. The lowest BCUT2D eigenvalue weighted by Crippen LogP contribution is -2.41. The minimum Gasteiger partial charge on any atom is -0.475 e. The highest BCUT2D eigenvalue weighted by atomic mass is 19.4. The zero-order valence-electron chi connectivity index (χ0n) is 16.9. The van der Waals surface area contributed by atoms with E-state index in [1.165, 1.54) is 0 Å². The standard InChI is InChI=1S/C19H20F3NO8/c1-10-7-11(2)16-13(8-10)9-14(17(31-16)19(20,21)22)18(25)30-12(3)29-15(24)5-4-6-28-23(26)27/h7-9,12,17H,4-6H2,1-3H3. The van der Waals surface area contributed by atoms with Crippen molar-refractivity contribution < 1.29 is 46.9 Å². The number of ether oxygens (including phenoxy) is 3. The van der Waals surface area contributed by atoms with Crippen molar-refractivity contribution in [2.24, 2.45) is 0 Å². The summed E-state index contributed by atoms with van der Waals surface area (Å²) in [4.78, 5) is 38.1. The van der Waals surface area contributed by atoms with Crippen LogP contribution in [0.1, 0.15) is 36.5 Å². The number of halogens is 3. The first-order chi connectivity index (χ1) is 14.4. The molecule has 12 heteroatoms. The predicted octanol–water partition coefficient (Wildman–Crippen LogP) is 3.43. The Labute approximate surface area is 174 Å². The van der Waals surface area contributed by atoms with Crippen molar-refractivity contribution >= 4 is 18.0 Å². The van der Waals surface area contributed by atoms with E-state index in [1.54, 1.807) is 26.0 Å². The van der Waals surface area contributed by atoms with Gasteiger partial charge in [0, 0.05) is 18.9 Å². The van der Waals surface area contributed by atoms with Gasteiger partial charge in [-0.1, -0.05) is 11.6 Å². The Kier molecular flexibility index (Phi) is 7.47. The predicted molar refractivity (Wildman–Crippen MR) is 98.2 cm³/mol. The molecule has 0 bridgehead atoms. The van der Waals surface area contributed by atoms with Gasteiger partial charge >= 0.3 is 18.1 Å². The molecule has 1 aromatic carbocycles. The van der Waals surface area contributed by atoms with Gasteiger partial charge in [-0.3, -0.25) is 4.79 Å². The van der Waals surface area contributed by atoms with E-state index >= 15 is 0 Å². The van der Waals surface area contributed by atoms with E-state index in [9.17, 15) is 32.9 Å². The molecule has 1 heterocycles. The average molecular weight is 447 g/mol. The maximum Gasteiger partial charge on any atom is 0.430 e. The average Bonchev–Trinajstić information content (AvgIpc) is 2.63. The molecule has 1 aliphatic rings. The first-order valence-electron chi connectivity index (χ1n) is 9.12. The van der Waals surface area contributed by atoms with Gasteiger partial charge in [-0.2, -0.15) is 13.2 Å². The fourth-order valence-electron chi connectivity index (χ4n) is 2.93. The van der Waals surface area contributed by atoms with Gasteiger partial charge in [0.05, 0.1) is 12.2 Å². The van der Waals surface area contributed by atoms with Crippen LogP contribution in [0, 0.1) is 24.0 Å². The second-order valence-electron chi connectivity index (χ2n) is 6.76. The molecule has 0 saturated heterocycles. The van der Waals surface area contributed by atoms with E-state index in [0.717, 1.165) is 18.6 Å². The van der Waals surface area contributed by atoms with Crippen molar-refractivity contribution in [2.45, 2.75) is 52.2 Å². The number of esters is 2. The number of rotatable bonds is 8. The number of hydrogen-bond donors (Lipinski definition) is 0. The van der Waals surface area contributed by atoms with E-state index < -0.39 is 41.2 Å². The SMILES string of the molecule is Cc1cc(C)c2c(c1)C=C(C(=O)OC(C)OC(=O)CCCO[N+](=O)[O-])C(C(F)(F)F)O2. The monoisotopic (exact) mass is 447 g/mol. The first kappa shape index (κ1) is 24.0. The van der Waals surface area contributed by atoms with Gasteiger partial charge in [0.2, 0.25) is 12.4 Å². The smallest absolute Gasteiger partial charge is 0.430 e. The van der Waals surface area contributed by atoms with Crippen LogP contribution >= 0.6 is 0 Å². The molecule has 0 N–H and O–H groups in total. The van der Waals surface area contributed by atoms with Crippen LogP contribution in [0.4, 0.5) is 13.2 Å². The summed E-state index contributed by atoms with van der Waals surface area (Å²) < 4.78 is 55.3. The summed E-state index contributed by atoms with van der Waals surface area (Å²) in [5, 5.41) is 9.00. The van der Waals surface area contributed by atoms with Crippen LogP contribution in [0.25, 0.3) is 6.08 Å². The normalized spacial score (nSPS) is 16.3. The lowest BCUT2D eigenvalue weighted by molar-refractivity contribution is -0.757. The van der Waals surface area contributed by atoms with Crippen LogP contribution in [0.5, 0.6) is 5.75 Å². The van der Waals surface area contributed by atoms with Crippen molar-refractivity contribution in [1.82, 2.24) is 0 Å². The highest BCUT2D eigenvalue weighted by Gasteiger charge is 2.49. The van der Waals surface area contributed by atoms with E-state index in [1.807, 2.05) is 0 Å². The lowest BCUT2D eigenvalue weighted by atomic mass is 9.97. The molecule has 0 amide bonds. The summed E-state index contributed by atoms with van der Waals surface area (Å²) in [6.07, 6.45) is -8.20. The van der Waals surface area contributed by atoms with Crippen molar-refractivity contribution in [3.05, 3.63) is 44.5 Å². The molecular weight excluding hydrogens is 427 g/mol. The van der Waals surface area contributed by atoms with Gasteiger partial charge in [-0.25, -0.2) is 4.79 Å². The van der Waals surface area contributed by atoms with Crippen LogP contribution in [0.15, 0.2) is 17.7 Å². The largest absolute Gasteiger partial charge is 0.475 e. The Hall–Kier alpha value is -3.31. The number of carbonyl (C=O) groups is 2. The molecule has 9 nitrogen and oxygen atoms in total. The third-order valence-corrected chi connectivity index (χ3v) is 4.10. The van der Waals surface area contributed by atoms with Crippen molar-refractivity contribution in [2.75, 3.05) is 6.61 Å². The number of alkyl halides is 3. The maximum absolute atomic E-state index is 13.5. The van der Waals surface area contributed by atoms with Gasteiger partial charge < -0.3 is 19.0 Å². The second-order valence-corrected chi connectivity index (χ2v) is 6.76. The first-order valence-corrected chi connectivity index (χ1v) is 9.12. The molecule has 0 spiro atoms. The van der Waals surface area contributed by atoms with Crippen LogP contribution < -0.4 is 4.74 Å². The molecule has 2 atom stereocenters. The molecule has 0 aromatic heterocycles. The zero-order valence-corrected chi connectivity index (χ0v) is 16.9. The Balaban J connectivity index is 2.09. The minimum atomic E-state index is -4.89. The van der Waals surface area contributed by atoms with Gasteiger partial charge in [0.25, 0.3) is 5.09 Å². The quantitative estimate of drug-likeness (QED) is 0.196. The van der Waals surface area contributed by atoms with E-state index in [4.69, 9.17) is 14.2 Å². The van der Waals surface area contributed by atoms with Crippen LogP contribution in [0.3, 0.4) is 0 Å². The zero-order chi connectivity index (χ0) is 23.3. The van der Waals surface area contributed by atoms with Crippen LogP contribution in [-0.2, 0) is 23.9 Å². The topological polar surface area (TPSA) is 114 Å². The fraction of sp³-hybridized carbons (Fsp3) is 0.474. The van der Waals surface area contributed by atoms with Gasteiger partial charge in [0.1, 0.15) is 5.75 Å². The minimum absolute atomic E-state index is 0.0147. The summed E-state index contributed by atoms with van der Waals surface area (Å²) in [6.45, 7) is 4.15. The van der Waals surface area contributed by atoms with E-state index in [2.05, 4.69) is 4.84 Å². The van der Waals surface area contributed by atoms with Gasteiger partial charge in [-0.15, -0.1) is 10.1 Å². The summed E-state index contributed by atoms with van der Waals surface area (Å²) in [7, 11) is 0. The molecule has 1 aliphatic heterocycles. The molecule has 2 rings (SSSR count). The Bertz CT molecular complexity index is 897. The highest BCUT2D eigenvalue weighted by Crippen LogP contribution is 2.39. The molecule has 31 heavy (non-hydrogen) atoms. The summed E-state index contributed by atoms with van der Waals surface area (Å²) in [5.41, 5.74) is 0.751. The number of benzene rings is 1. The fourth-order valence-corrected chi connectivity index (χ4v) is 2.93. The summed E-state index contributed by atoms with van der Waals surface area (Å²) in [5.74, 6) is -2.21. The number of aryl methyl sites for hydroxylation is 2. The molecule has 170 valence electrons. The molecule has 0 radical (unpaired) electrons. The number of carbonyl (C=O) groups excluding carboxylic acids is 2. The molecular formula is C19H20F3NO8. The highest BCUT2D eigenvalue weighted by molar-refractivity contribution is 5.96. The number of nitrogens with zero attached hydrogens (tertiary/aromatic N) is 1. The summed E-state index contributed by atoms with van der Waals surface area (Å²) >= 11 is 0. The van der Waals surface area contributed by atoms with E-state index in [0.29, 0.717) is 11.1 Å². The molecule has 1 aromatic rings. The van der Waals surface area contributed by atoms with Crippen molar-refractivity contribution in [3.8, 4) is 5.75 Å². The molecule has 0 saturated carbocycles. The van der Waals surface area contributed by atoms with Crippen LogP contribution in [-0.4, -0.2) is 42.2 Å². The Morgan fingerprint density at radius 3 is 2.55 bits per heavy atom. The third-order valence-electron chi connectivity index (χ3n) is 4.10. The summed E-state index contributed by atoms with van der Waals surface area (Å²) in [6, 6.07) is 3.22. The third kappa shape index (κ3) is 6.59. The second kappa shape index (κ2) is 9.67.